The summed E-state index contributed by atoms with van der Waals surface area (Å²) < 4.78 is 10.6. The predicted molar refractivity (Wildman–Crippen MR) is 69.6 cm³/mol. The third-order valence-electron chi connectivity index (χ3n) is 3.33. The molecule has 0 saturated heterocycles. The van der Waals surface area contributed by atoms with Crippen molar-refractivity contribution in [3.05, 3.63) is 29.5 Å². The van der Waals surface area contributed by atoms with Crippen LogP contribution in [0.3, 0.4) is 0 Å². The molecule has 2 aromatic rings. The summed E-state index contributed by atoms with van der Waals surface area (Å²) >= 11 is 0. The van der Waals surface area contributed by atoms with Crippen LogP contribution in [0.4, 0.5) is 5.88 Å². The smallest absolute Gasteiger partial charge is 0.230 e. The number of aryl methyl sites for hydroxylation is 1. The Morgan fingerprint density at radius 3 is 2.83 bits per heavy atom. The maximum Gasteiger partial charge on any atom is 0.230 e. The highest BCUT2D eigenvalue weighted by atomic mass is 16.5. The highest BCUT2D eigenvalue weighted by Crippen LogP contribution is 2.47. The van der Waals surface area contributed by atoms with E-state index in [1.165, 1.54) is 0 Å². The molecule has 0 aliphatic heterocycles. The molecule has 1 aliphatic carbocycles. The number of methoxy groups -OCH3 is 1. The molecule has 1 saturated carbocycles. The number of ether oxygens (including phenoxy) is 1. The van der Waals surface area contributed by atoms with Crippen LogP contribution in [0.5, 0.6) is 5.75 Å². The predicted octanol–water partition coefficient (Wildman–Crippen LogP) is 3.12. The van der Waals surface area contributed by atoms with E-state index in [0.717, 1.165) is 41.0 Å². The van der Waals surface area contributed by atoms with Gasteiger partial charge >= 0.3 is 0 Å². The topological polar surface area (TPSA) is 61.3 Å². The Bertz CT molecular complexity index is 585. The Labute approximate surface area is 106 Å². The highest BCUT2D eigenvalue weighted by Gasteiger charge is 2.32. The zero-order valence-electron chi connectivity index (χ0n) is 10.6. The molecule has 1 aliphatic rings. The van der Waals surface area contributed by atoms with Crippen molar-refractivity contribution in [2.45, 2.75) is 25.7 Å². The van der Waals surface area contributed by atoms with Crippen LogP contribution in [0.15, 0.2) is 22.7 Å². The number of hydrogen-bond acceptors (Lipinski definition) is 4. The van der Waals surface area contributed by atoms with Gasteiger partial charge in [-0.3, -0.25) is 0 Å². The molecule has 0 spiro atoms. The maximum atomic E-state index is 5.93. The Morgan fingerprint density at radius 1 is 1.39 bits per heavy atom. The fourth-order valence-electron chi connectivity index (χ4n) is 2.24. The molecule has 1 aromatic heterocycles. The van der Waals surface area contributed by atoms with E-state index in [2.05, 4.69) is 11.2 Å². The Morgan fingerprint density at radius 2 is 2.17 bits per heavy atom. The first-order valence-electron chi connectivity index (χ1n) is 6.10. The summed E-state index contributed by atoms with van der Waals surface area (Å²) in [5.41, 5.74) is 9.93. The molecule has 3 rings (SSSR count). The van der Waals surface area contributed by atoms with Crippen LogP contribution in [0.2, 0.25) is 0 Å². The summed E-state index contributed by atoms with van der Waals surface area (Å²) in [7, 11) is 1.66. The molecule has 2 N–H and O–H groups in total. The van der Waals surface area contributed by atoms with Crippen molar-refractivity contribution in [1.29, 1.82) is 0 Å². The third kappa shape index (κ3) is 1.74. The Kier molecular flexibility index (Phi) is 2.51. The van der Waals surface area contributed by atoms with Crippen molar-refractivity contribution in [3.63, 3.8) is 0 Å². The van der Waals surface area contributed by atoms with Crippen molar-refractivity contribution in [2.24, 2.45) is 0 Å². The van der Waals surface area contributed by atoms with Crippen LogP contribution < -0.4 is 10.5 Å². The van der Waals surface area contributed by atoms with Crippen molar-refractivity contribution >= 4 is 5.88 Å². The first kappa shape index (κ1) is 11.1. The Balaban J connectivity index is 2.19. The molecule has 1 fully saturated rings. The van der Waals surface area contributed by atoms with Gasteiger partial charge < -0.3 is 15.0 Å². The fraction of sp³-hybridized carbons (Fsp3) is 0.357. The van der Waals surface area contributed by atoms with Gasteiger partial charge in [-0.15, -0.1) is 0 Å². The van der Waals surface area contributed by atoms with E-state index in [4.69, 9.17) is 15.0 Å². The minimum atomic E-state index is 0.376. The molecule has 18 heavy (non-hydrogen) atoms. The summed E-state index contributed by atoms with van der Waals surface area (Å²) in [6.07, 6.45) is 2.32. The van der Waals surface area contributed by atoms with Crippen LogP contribution >= 0.6 is 0 Å². The average molecular weight is 244 g/mol. The molecule has 94 valence electrons. The fourth-order valence-corrected chi connectivity index (χ4v) is 2.24. The van der Waals surface area contributed by atoms with Crippen LogP contribution in [0.1, 0.15) is 30.0 Å². The van der Waals surface area contributed by atoms with Gasteiger partial charge in [-0.1, -0.05) is 16.8 Å². The van der Waals surface area contributed by atoms with Gasteiger partial charge in [0.1, 0.15) is 5.75 Å². The zero-order chi connectivity index (χ0) is 12.7. The summed E-state index contributed by atoms with van der Waals surface area (Å²) in [6.45, 7) is 2.05. The number of aromatic nitrogens is 1. The molecule has 1 heterocycles. The van der Waals surface area contributed by atoms with E-state index in [9.17, 15) is 0 Å². The molecule has 4 nitrogen and oxygen atoms in total. The molecule has 0 unspecified atom stereocenters. The van der Waals surface area contributed by atoms with Gasteiger partial charge in [0.2, 0.25) is 5.88 Å². The van der Waals surface area contributed by atoms with E-state index >= 15 is 0 Å². The molecular weight excluding hydrogens is 228 g/mol. The van der Waals surface area contributed by atoms with E-state index in [1.807, 2.05) is 19.1 Å². The van der Waals surface area contributed by atoms with E-state index in [0.29, 0.717) is 11.8 Å². The van der Waals surface area contributed by atoms with Crippen LogP contribution in [0.25, 0.3) is 11.1 Å². The third-order valence-corrected chi connectivity index (χ3v) is 3.33. The molecule has 0 radical (unpaired) electrons. The van der Waals surface area contributed by atoms with Gasteiger partial charge in [0.05, 0.1) is 18.4 Å². The molecule has 4 heteroatoms. The van der Waals surface area contributed by atoms with Gasteiger partial charge in [-0.25, -0.2) is 0 Å². The number of nitrogens with two attached hydrogens (primary N) is 1. The van der Waals surface area contributed by atoms with Crippen molar-refractivity contribution in [2.75, 3.05) is 12.8 Å². The number of nitrogen functional groups attached to an aromatic ring is 1. The SMILES string of the molecule is COc1ccc(C)cc1-c1c(C2CC2)noc1N. The lowest BCUT2D eigenvalue weighted by atomic mass is 10.0. The monoisotopic (exact) mass is 244 g/mol. The lowest BCUT2D eigenvalue weighted by molar-refractivity contribution is 0.416. The first-order valence-corrected chi connectivity index (χ1v) is 6.10. The molecule has 0 atom stereocenters. The largest absolute Gasteiger partial charge is 0.496 e. The molecule has 0 bridgehead atoms. The number of anilines is 1. The standard InChI is InChI=1S/C14H16N2O2/c1-8-3-6-11(17-2)10(7-8)12-13(9-4-5-9)16-18-14(12)15/h3,6-7,9H,4-5,15H2,1-2H3. The van der Waals surface area contributed by atoms with Gasteiger partial charge in [0, 0.05) is 11.5 Å². The van der Waals surface area contributed by atoms with Crippen LogP contribution in [0, 0.1) is 6.92 Å². The van der Waals surface area contributed by atoms with Crippen molar-refractivity contribution < 1.29 is 9.26 Å². The molecular formula is C14H16N2O2. The normalized spacial score (nSPS) is 14.8. The molecule has 1 aromatic carbocycles. The van der Waals surface area contributed by atoms with Crippen LogP contribution in [-0.4, -0.2) is 12.3 Å². The number of benzene rings is 1. The van der Waals surface area contributed by atoms with Gasteiger partial charge in [-0.05, 0) is 31.9 Å². The highest BCUT2D eigenvalue weighted by molar-refractivity contribution is 5.80. The van der Waals surface area contributed by atoms with Gasteiger partial charge in [0.25, 0.3) is 0 Å². The summed E-state index contributed by atoms with van der Waals surface area (Å²) in [6, 6.07) is 6.03. The average Bonchev–Trinajstić information content (AvgIpc) is 3.13. The zero-order valence-corrected chi connectivity index (χ0v) is 10.6. The summed E-state index contributed by atoms with van der Waals surface area (Å²) in [5, 5.41) is 4.10. The Hall–Kier alpha value is -1.97. The second-order valence-corrected chi connectivity index (χ2v) is 4.79. The van der Waals surface area contributed by atoms with E-state index in [1.54, 1.807) is 7.11 Å². The van der Waals surface area contributed by atoms with E-state index < -0.39 is 0 Å². The van der Waals surface area contributed by atoms with Crippen molar-refractivity contribution in [3.8, 4) is 16.9 Å². The maximum absolute atomic E-state index is 5.93. The van der Waals surface area contributed by atoms with E-state index in [-0.39, 0.29) is 0 Å². The van der Waals surface area contributed by atoms with Gasteiger partial charge in [-0.2, -0.15) is 0 Å². The summed E-state index contributed by atoms with van der Waals surface area (Å²) in [5.74, 6) is 1.67. The second kappa shape index (κ2) is 4.05. The minimum Gasteiger partial charge on any atom is -0.496 e. The van der Waals surface area contributed by atoms with Gasteiger partial charge in [0.15, 0.2) is 0 Å². The lowest BCUT2D eigenvalue weighted by Crippen LogP contribution is -1.94. The quantitative estimate of drug-likeness (QED) is 0.901. The lowest BCUT2D eigenvalue weighted by Gasteiger charge is -2.09. The number of nitrogens with zero attached hydrogens (tertiary/aromatic N) is 1. The summed E-state index contributed by atoms with van der Waals surface area (Å²) in [4.78, 5) is 0. The number of rotatable bonds is 3. The van der Waals surface area contributed by atoms with Crippen molar-refractivity contribution in [1.82, 2.24) is 5.16 Å². The first-order chi connectivity index (χ1) is 8.70. The molecule has 0 amide bonds. The number of hydrogen-bond donors (Lipinski definition) is 1. The minimum absolute atomic E-state index is 0.376. The van der Waals surface area contributed by atoms with Crippen LogP contribution in [-0.2, 0) is 0 Å². The second-order valence-electron chi connectivity index (χ2n) is 4.79.